The van der Waals surface area contributed by atoms with E-state index in [2.05, 4.69) is 16.8 Å². The maximum Gasteiger partial charge on any atom is 0.230 e. The van der Waals surface area contributed by atoms with Gasteiger partial charge in [0.05, 0.1) is 5.75 Å². The van der Waals surface area contributed by atoms with Crippen LogP contribution >= 0.6 is 34.7 Å². The molecule has 2 rings (SSSR count). The largest absolute Gasteiger partial charge is 0.353 e. The molecular formula is C16H18ClNOS2. The highest BCUT2D eigenvalue weighted by Gasteiger charge is 2.08. The molecule has 0 spiro atoms. The number of benzene rings is 1. The van der Waals surface area contributed by atoms with E-state index in [9.17, 15) is 4.79 Å². The van der Waals surface area contributed by atoms with E-state index in [0.717, 1.165) is 22.8 Å². The summed E-state index contributed by atoms with van der Waals surface area (Å²) in [5.74, 6) is 1.48. The fourth-order valence-electron chi connectivity index (χ4n) is 2.02. The van der Waals surface area contributed by atoms with E-state index in [1.807, 2.05) is 37.3 Å². The third-order valence-corrected chi connectivity index (χ3v) is 5.17. The van der Waals surface area contributed by atoms with Gasteiger partial charge >= 0.3 is 0 Å². The smallest absolute Gasteiger partial charge is 0.230 e. The number of thiophene rings is 1. The van der Waals surface area contributed by atoms with E-state index in [1.54, 1.807) is 23.1 Å². The Morgan fingerprint density at radius 1 is 1.38 bits per heavy atom. The zero-order valence-electron chi connectivity index (χ0n) is 11.8. The average Bonchev–Trinajstić information content (AvgIpc) is 2.91. The molecule has 5 heteroatoms. The van der Waals surface area contributed by atoms with Crippen LogP contribution in [0.15, 0.2) is 41.8 Å². The lowest BCUT2D eigenvalue weighted by Crippen LogP contribution is -2.35. The topological polar surface area (TPSA) is 29.1 Å². The first-order valence-electron chi connectivity index (χ1n) is 6.77. The summed E-state index contributed by atoms with van der Waals surface area (Å²) in [6.45, 7) is 2.02. The normalized spacial score (nSPS) is 12.1. The minimum atomic E-state index is 0.0890. The van der Waals surface area contributed by atoms with E-state index in [0.29, 0.717) is 5.75 Å². The van der Waals surface area contributed by atoms with Crippen molar-refractivity contribution in [2.24, 2.45) is 0 Å². The van der Waals surface area contributed by atoms with Crippen molar-refractivity contribution in [2.45, 2.75) is 25.1 Å². The molecule has 0 fully saturated rings. The molecule has 0 saturated heterocycles. The van der Waals surface area contributed by atoms with Crippen LogP contribution in [-0.4, -0.2) is 17.7 Å². The molecule has 2 nitrogen and oxygen atoms in total. The van der Waals surface area contributed by atoms with Crippen LogP contribution in [0.1, 0.15) is 17.4 Å². The zero-order chi connectivity index (χ0) is 15.1. The fourth-order valence-corrected chi connectivity index (χ4v) is 3.92. The molecule has 0 aliphatic heterocycles. The molecule has 2 aromatic rings. The van der Waals surface area contributed by atoms with Gasteiger partial charge in [-0.3, -0.25) is 4.79 Å². The highest BCUT2D eigenvalue weighted by molar-refractivity contribution is 7.99. The van der Waals surface area contributed by atoms with Gasteiger partial charge in [-0.2, -0.15) is 0 Å². The number of carbonyl (C=O) groups is 1. The Hall–Kier alpha value is -0.970. The Bertz CT molecular complexity index is 571. The van der Waals surface area contributed by atoms with Gasteiger partial charge in [-0.15, -0.1) is 23.1 Å². The molecule has 0 aliphatic rings. The second-order valence-electron chi connectivity index (χ2n) is 4.87. The minimum absolute atomic E-state index is 0.0890. The summed E-state index contributed by atoms with van der Waals surface area (Å²) in [6.07, 6.45) is 0.794. The quantitative estimate of drug-likeness (QED) is 0.811. The van der Waals surface area contributed by atoms with Crippen molar-refractivity contribution < 1.29 is 4.79 Å². The van der Waals surface area contributed by atoms with Gasteiger partial charge in [-0.25, -0.2) is 0 Å². The Labute approximate surface area is 138 Å². The number of nitrogens with one attached hydrogen (secondary N) is 1. The van der Waals surface area contributed by atoms with Gasteiger partial charge in [-0.1, -0.05) is 29.8 Å². The molecule has 21 heavy (non-hydrogen) atoms. The van der Waals surface area contributed by atoms with Crippen LogP contribution in [0.4, 0.5) is 0 Å². The molecule has 1 heterocycles. The fraction of sp³-hybridized carbons (Fsp3) is 0.312. The number of rotatable bonds is 7. The molecule has 1 amide bonds. The van der Waals surface area contributed by atoms with Crippen LogP contribution < -0.4 is 5.32 Å². The molecular weight excluding hydrogens is 322 g/mol. The van der Waals surface area contributed by atoms with Crippen molar-refractivity contribution in [3.63, 3.8) is 0 Å². The van der Waals surface area contributed by atoms with Gasteiger partial charge in [-0.05, 0) is 42.5 Å². The predicted molar refractivity (Wildman–Crippen MR) is 93.2 cm³/mol. The number of hydrogen-bond donors (Lipinski definition) is 1. The molecule has 1 aromatic heterocycles. The van der Waals surface area contributed by atoms with Crippen molar-refractivity contribution in [2.75, 3.05) is 5.75 Å². The maximum absolute atomic E-state index is 11.9. The third kappa shape index (κ3) is 6.12. The molecule has 1 unspecified atom stereocenters. The Kier molecular flexibility index (Phi) is 6.61. The van der Waals surface area contributed by atoms with Crippen molar-refractivity contribution in [3.05, 3.63) is 57.2 Å². The standard InChI is InChI=1S/C16H18ClNOS2/c1-12(8-13-4-2-5-14(17)9-13)18-16(19)11-20-10-15-6-3-7-21-15/h2-7,9,12H,8,10-11H2,1H3,(H,18,19). The number of carbonyl (C=O) groups excluding carboxylic acids is 1. The first-order chi connectivity index (χ1) is 10.1. The van der Waals surface area contributed by atoms with E-state index in [4.69, 9.17) is 11.6 Å². The monoisotopic (exact) mass is 339 g/mol. The molecule has 1 atom stereocenters. The Morgan fingerprint density at radius 3 is 2.95 bits per heavy atom. The summed E-state index contributed by atoms with van der Waals surface area (Å²) in [5, 5.41) is 5.82. The molecule has 112 valence electrons. The molecule has 0 aliphatic carbocycles. The SMILES string of the molecule is CC(Cc1cccc(Cl)c1)NC(=O)CSCc1cccs1. The van der Waals surface area contributed by atoms with Gasteiger partial charge in [0.1, 0.15) is 0 Å². The van der Waals surface area contributed by atoms with Gasteiger partial charge < -0.3 is 5.32 Å². The lowest BCUT2D eigenvalue weighted by atomic mass is 10.1. The first-order valence-corrected chi connectivity index (χ1v) is 9.18. The second-order valence-corrected chi connectivity index (χ2v) is 7.33. The summed E-state index contributed by atoms with van der Waals surface area (Å²) < 4.78 is 0. The minimum Gasteiger partial charge on any atom is -0.353 e. The van der Waals surface area contributed by atoms with Crippen molar-refractivity contribution in [3.8, 4) is 0 Å². The van der Waals surface area contributed by atoms with Crippen LogP contribution in [0.2, 0.25) is 5.02 Å². The predicted octanol–water partition coefficient (Wildman–Crippen LogP) is 4.38. The van der Waals surface area contributed by atoms with Crippen molar-refractivity contribution in [1.82, 2.24) is 5.32 Å². The summed E-state index contributed by atoms with van der Waals surface area (Å²) in [4.78, 5) is 13.2. The lowest BCUT2D eigenvalue weighted by molar-refractivity contribution is -0.119. The number of halogens is 1. The van der Waals surface area contributed by atoms with Crippen molar-refractivity contribution >= 4 is 40.6 Å². The first kappa shape index (κ1) is 16.4. The van der Waals surface area contributed by atoms with Crippen molar-refractivity contribution in [1.29, 1.82) is 0 Å². The highest BCUT2D eigenvalue weighted by Crippen LogP contribution is 2.17. The van der Waals surface area contributed by atoms with Crippen LogP contribution in [0.5, 0.6) is 0 Å². The lowest BCUT2D eigenvalue weighted by Gasteiger charge is -2.14. The third-order valence-electron chi connectivity index (χ3n) is 2.90. The number of hydrogen-bond acceptors (Lipinski definition) is 3. The summed E-state index contributed by atoms with van der Waals surface area (Å²) in [6, 6.07) is 12.0. The summed E-state index contributed by atoms with van der Waals surface area (Å²) in [7, 11) is 0. The van der Waals surface area contributed by atoms with Crippen LogP contribution in [0, 0.1) is 0 Å². The zero-order valence-corrected chi connectivity index (χ0v) is 14.2. The second kappa shape index (κ2) is 8.47. The van der Waals surface area contributed by atoms with Gasteiger partial charge in [0, 0.05) is 21.7 Å². The van der Waals surface area contributed by atoms with E-state index in [-0.39, 0.29) is 11.9 Å². The molecule has 1 aromatic carbocycles. The molecule has 0 saturated carbocycles. The summed E-state index contributed by atoms with van der Waals surface area (Å²) in [5.41, 5.74) is 1.14. The van der Waals surface area contributed by atoms with Crippen LogP contribution in [-0.2, 0) is 17.0 Å². The Morgan fingerprint density at radius 2 is 2.24 bits per heavy atom. The molecule has 1 N–H and O–H groups in total. The molecule has 0 bridgehead atoms. The van der Waals surface area contributed by atoms with Gasteiger partial charge in [0.15, 0.2) is 0 Å². The highest BCUT2D eigenvalue weighted by atomic mass is 35.5. The van der Waals surface area contributed by atoms with E-state index < -0.39 is 0 Å². The van der Waals surface area contributed by atoms with Crippen LogP contribution in [0.3, 0.4) is 0 Å². The van der Waals surface area contributed by atoms with Gasteiger partial charge in [0.2, 0.25) is 5.91 Å². The summed E-state index contributed by atoms with van der Waals surface area (Å²) >= 11 is 9.34. The van der Waals surface area contributed by atoms with Crippen LogP contribution in [0.25, 0.3) is 0 Å². The average molecular weight is 340 g/mol. The number of amides is 1. The van der Waals surface area contributed by atoms with E-state index >= 15 is 0 Å². The van der Waals surface area contributed by atoms with Gasteiger partial charge in [0.25, 0.3) is 0 Å². The molecule has 0 radical (unpaired) electrons. The maximum atomic E-state index is 11.9. The van der Waals surface area contributed by atoms with E-state index in [1.165, 1.54) is 4.88 Å². The number of thioether (sulfide) groups is 1. The Balaban J connectivity index is 1.69.